The molecule has 0 aromatic carbocycles. The Balaban J connectivity index is 2.37. The van der Waals surface area contributed by atoms with Gasteiger partial charge in [0, 0.05) is 12.7 Å². The van der Waals surface area contributed by atoms with Gasteiger partial charge in [0.2, 0.25) is 0 Å². The first kappa shape index (κ1) is 11.2. The summed E-state index contributed by atoms with van der Waals surface area (Å²) in [5.74, 6) is 0.787. The SMILES string of the molecule is COCC(C)OCc1ccoc1CN. The average Bonchev–Trinajstić information content (AvgIpc) is 2.62. The van der Waals surface area contributed by atoms with E-state index in [9.17, 15) is 0 Å². The maximum absolute atomic E-state index is 5.53. The molecule has 1 aromatic heterocycles. The number of rotatable bonds is 6. The third kappa shape index (κ3) is 3.14. The lowest BCUT2D eigenvalue weighted by molar-refractivity contribution is -0.000597. The molecule has 0 saturated heterocycles. The molecule has 0 saturated carbocycles. The molecule has 4 heteroatoms. The van der Waals surface area contributed by atoms with Gasteiger partial charge in [0.05, 0.1) is 32.1 Å². The normalized spacial score (nSPS) is 13.1. The fraction of sp³-hybridized carbons (Fsp3) is 0.600. The zero-order chi connectivity index (χ0) is 10.4. The smallest absolute Gasteiger partial charge is 0.122 e. The van der Waals surface area contributed by atoms with E-state index in [0.29, 0.717) is 19.8 Å². The second kappa shape index (κ2) is 5.80. The highest BCUT2D eigenvalue weighted by molar-refractivity contribution is 5.15. The first-order valence-electron chi connectivity index (χ1n) is 4.63. The lowest BCUT2D eigenvalue weighted by atomic mass is 10.2. The molecule has 0 spiro atoms. The van der Waals surface area contributed by atoms with Gasteiger partial charge in [0.15, 0.2) is 0 Å². The number of nitrogens with two attached hydrogens (primary N) is 1. The number of hydrogen-bond donors (Lipinski definition) is 1. The van der Waals surface area contributed by atoms with Crippen LogP contribution in [-0.4, -0.2) is 19.8 Å². The first-order valence-corrected chi connectivity index (χ1v) is 4.63. The molecule has 0 fully saturated rings. The van der Waals surface area contributed by atoms with Gasteiger partial charge < -0.3 is 19.6 Å². The molecular weight excluding hydrogens is 182 g/mol. The van der Waals surface area contributed by atoms with E-state index < -0.39 is 0 Å². The minimum absolute atomic E-state index is 0.0838. The molecule has 1 aromatic rings. The summed E-state index contributed by atoms with van der Waals surface area (Å²) in [6, 6.07) is 1.88. The Bertz CT molecular complexity index is 260. The lowest BCUT2D eigenvalue weighted by Crippen LogP contribution is -2.15. The van der Waals surface area contributed by atoms with Crippen molar-refractivity contribution in [2.75, 3.05) is 13.7 Å². The van der Waals surface area contributed by atoms with Gasteiger partial charge in [-0.3, -0.25) is 0 Å². The van der Waals surface area contributed by atoms with Crippen LogP contribution < -0.4 is 5.73 Å². The quantitative estimate of drug-likeness (QED) is 0.750. The summed E-state index contributed by atoms with van der Waals surface area (Å²) in [5, 5.41) is 0. The van der Waals surface area contributed by atoms with Crippen LogP contribution in [0.4, 0.5) is 0 Å². The third-order valence-electron chi connectivity index (χ3n) is 1.95. The van der Waals surface area contributed by atoms with Crippen molar-refractivity contribution >= 4 is 0 Å². The number of hydrogen-bond acceptors (Lipinski definition) is 4. The van der Waals surface area contributed by atoms with Crippen molar-refractivity contribution in [3.8, 4) is 0 Å². The van der Waals surface area contributed by atoms with E-state index in [4.69, 9.17) is 19.6 Å². The van der Waals surface area contributed by atoms with Crippen molar-refractivity contribution in [3.05, 3.63) is 23.7 Å². The van der Waals surface area contributed by atoms with Crippen molar-refractivity contribution in [3.63, 3.8) is 0 Å². The summed E-state index contributed by atoms with van der Waals surface area (Å²) in [5.41, 5.74) is 6.50. The summed E-state index contributed by atoms with van der Waals surface area (Å²) in [6.45, 7) is 3.49. The molecule has 0 aliphatic carbocycles. The molecule has 1 atom stereocenters. The zero-order valence-corrected chi connectivity index (χ0v) is 8.66. The first-order chi connectivity index (χ1) is 6.77. The molecule has 2 N–H and O–H groups in total. The Hall–Kier alpha value is -0.840. The summed E-state index contributed by atoms with van der Waals surface area (Å²) in [4.78, 5) is 0. The van der Waals surface area contributed by atoms with Crippen molar-refractivity contribution in [1.82, 2.24) is 0 Å². The molecule has 0 radical (unpaired) electrons. The third-order valence-corrected chi connectivity index (χ3v) is 1.95. The van der Waals surface area contributed by atoms with E-state index in [1.54, 1.807) is 13.4 Å². The van der Waals surface area contributed by atoms with Gasteiger partial charge in [-0.05, 0) is 13.0 Å². The predicted molar refractivity (Wildman–Crippen MR) is 52.7 cm³/mol. The number of methoxy groups -OCH3 is 1. The average molecular weight is 199 g/mol. The Morgan fingerprint density at radius 3 is 3.00 bits per heavy atom. The van der Waals surface area contributed by atoms with Gasteiger partial charge >= 0.3 is 0 Å². The minimum atomic E-state index is 0.0838. The Morgan fingerprint density at radius 1 is 1.57 bits per heavy atom. The maximum Gasteiger partial charge on any atom is 0.122 e. The van der Waals surface area contributed by atoms with E-state index in [2.05, 4.69) is 0 Å². The monoisotopic (exact) mass is 199 g/mol. The molecule has 14 heavy (non-hydrogen) atoms. The standard InChI is InChI=1S/C10H17NO3/c1-8(6-12-2)14-7-9-3-4-13-10(9)5-11/h3-4,8H,5-7,11H2,1-2H3. The Labute approximate surface area is 84.0 Å². The molecule has 1 rings (SSSR count). The zero-order valence-electron chi connectivity index (χ0n) is 8.66. The van der Waals surface area contributed by atoms with Gasteiger partial charge in [0.1, 0.15) is 5.76 Å². The van der Waals surface area contributed by atoms with Gasteiger partial charge in [-0.25, -0.2) is 0 Å². The van der Waals surface area contributed by atoms with Crippen molar-refractivity contribution in [2.45, 2.75) is 26.2 Å². The van der Waals surface area contributed by atoms with Gasteiger partial charge in [-0.1, -0.05) is 0 Å². The van der Waals surface area contributed by atoms with Crippen molar-refractivity contribution in [1.29, 1.82) is 0 Å². The second-order valence-corrected chi connectivity index (χ2v) is 3.15. The fourth-order valence-electron chi connectivity index (χ4n) is 1.19. The highest BCUT2D eigenvalue weighted by Crippen LogP contribution is 2.11. The highest BCUT2D eigenvalue weighted by atomic mass is 16.5. The Kier molecular flexibility index (Phi) is 4.65. The van der Waals surface area contributed by atoms with Crippen LogP contribution in [0.5, 0.6) is 0 Å². The number of ether oxygens (including phenoxy) is 2. The lowest BCUT2D eigenvalue weighted by Gasteiger charge is -2.11. The van der Waals surface area contributed by atoms with Gasteiger partial charge in [-0.2, -0.15) is 0 Å². The summed E-state index contributed by atoms with van der Waals surface area (Å²) in [6.07, 6.45) is 1.71. The van der Waals surface area contributed by atoms with Gasteiger partial charge in [-0.15, -0.1) is 0 Å². The molecule has 0 aliphatic rings. The molecule has 0 amide bonds. The van der Waals surface area contributed by atoms with Crippen LogP contribution >= 0.6 is 0 Å². The van der Waals surface area contributed by atoms with E-state index >= 15 is 0 Å². The molecule has 4 nitrogen and oxygen atoms in total. The molecule has 80 valence electrons. The topological polar surface area (TPSA) is 57.6 Å². The second-order valence-electron chi connectivity index (χ2n) is 3.15. The highest BCUT2D eigenvalue weighted by Gasteiger charge is 2.07. The molecule has 0 bridgehead atoms. The minimum Gasteiger partial charge on any atom is -0.468 e. The van der Waals surface area contributed by atoms with Crippen molar-refractivity contribution < 1.29 is 13.9 Å². The van der Waals surface area contributed by atoms with E-state index in [1.165, 1.54) is 0 Å². The van der Waals surface area contributed by atoms with Crippen LogP contribution in [0.1, 0.15) is 18.2 Å². The van der Waals surface area contributed by atoms with Crippen LogP contribution in [0.15, 0.2) is 16.7 Å². The van der Waals surface area contributed by atoms with Gasteiger partial charge in [0.25, 0.3) is 0 Å². The summed E-state index contributed by atoms with van der Waals surface area (Å²) >= 11 is 0. The van der Waals surface area contributed by atoms with Crippen LogP contribution in [0, 0.1) is 0 Å². The van der Waals surface area contributed by atoms with Crippen LogP contribution in [0.25, 0.3) is 0 Å². The van der Waals surface area contributed by atoms with Crippen molar-refractivity contribution in [2.24, 2.45) is 5.73 Å². The molecule has 1 heterocycles. The van der Waals surface area contributed by atoms with E-state index in [0.717, 1.165) is 11.3 Å². The van der Waals surface area contributed by atoms with Crippen LogP contribution in [0.2, 0.25) is 0 Å². The van der Waals surface area contributed by atoms with Crippen LogP contribution in [-0.2, 0) is 22.6 Å². The fourth-order valence-corrected chi connectivity index (χ4v) is 1.19. The predicted octanol–water partition coefficient (Wildman–Crippen LogP) is 1.29. The van der Waals surface area contributed by atoms with E-state index in [-0.39, 0.29) is 6.10 Å². The van der Waals surface area contributed by atoms with Crippen LogP contribution in [0.3, 0.4) is 0 Å². The largest absolute Gasteiger partial charge is 0.468 e. The summed E-state index contributed by atoms with van der Waals surface area (Å²) in [7, 11) is 1.66. The molecule has 0 aliphatic heterocycles. The number of furan rings is 1. The Morgan fingerprint density at radius 2 is 2.36 bits per heavy atom. The summed E-state index contributed by atoms with van der Waals surface area (Å²) < 4.78 is 15.7. The van der Waals surface area contributed by atoms with E-state index in [1.807, 2.05) is 13.0 Å². The maximum atomic E-state index is 5.53. The molecule has 1 unspecified atom stereocenters. The molecular formula is C10H17NO3.